The van der Waals surface area contributed by atoms with Crippen molar-refractivity contribution in [2.45, 2.75) is 5.91 Å². The van der Waals surface area contributed by atoms with Gasteiger partial charge < -0.3 is 0 Å². The minimum Gasteiger partial charge on any atom is -0.261 e. The molecule has 74 valence electrons. The molecule has 0 aromatic carbocycles. The van der Waals surface area contributed by atoms with E-state index in [2.05, 4.69) is 19.4 Å². The maximum Gasteiger partial charge on any atom is 0.227 e. The molecular formula is C7H21N4P. The van der Waals surface area contributed by atoms with Crippen LogP contribution in [0.2, 0.25) is 0 Å². The molecule has 0 aliphatic heterocycles. The number of nitrogens with zero attached hydrogens (tertiary/aromatic N) is 4. The van der Waals surface area contributed by atoms with E-state index in [1.807, 2.05) is 42.3 Å². The zero-order chi connectivity index (χ0) is 9.94. The summed E-state index contributed by atoms with van der Waals surface area (Å²) in [5.41, 5.74) is 0. The Morgan fingerprint density at radius 3 is 1.08 bits per heavy atom. The molecule has 0 aliphatic carbocycles. The van der Waals surface area contributed by atoms with Gasteiger partial charge in [0.2, 0.25) is 5.91 Å². The Morgan fingerprint density at radius 2 is 1.08 bits per heavy atom. The molecule has 0 aliphatic rings. The summed E-state index contributed by atoms with van der Waals surface area (Å²) < 4.78 is 4.42. The summed E-state index contributed by atoms with van der Waals surface area (Å²) in [6.45, 7) is 0. The van der Waals surface area contributed by atoms with Gasteiger partial charge in [0.1, 0.15) is 0 Å². The Morgan fingerprint density at radius 1 is 0.833 bits per heavy atom. The summed E-state index contributed by atoms with van der Waals surface area (Å²) in [6, 6.07) is 0. The fourth-order valence-corrected chi connectivity index (χ4v) is 2.47. The standard InChI is InChI=1S/C7H21N4P/c1-9(2)7(8-12,10(3)4)11(5)6/h1-6,12H3. The summed E-state index contributed by atoms with van der Waals surface area (Å²) >= 11 is 0. The van der Waals surface area contributed by atoms with Crippen LogP contribution in [0.1, 0.15) is 0 Å². The van der Waals surface area contributed by atoms with Crippen molar-refractivity contribution >= 4 is 9.03 Å². The van der Waals surface area contributed by atoms with E-state index in [1.54, 1.807) is 9.03 Å². The number of rotatable bonds is 4. The Bertz CT molecular complexity index is 134. The lowest BCUT2D eigenvalue weighted by atomic mass is 10.4. The van der Waals surface area contributed by atoms with Gasteiger partial charge in [-0.15, -0.1) is 0 Å². The monoisotopic (exact) mass is 192 g/mol. The van der Waals surface area contributed by atoms with E-state index in [-0.39, 0.29) is 5.91 Å². The fraction of sp³-hybridized carbons (Fsp3) is 1.00. The van der Waals surface area contributed by atoms with Gasteiger partial charge in [0, 0.05) is 0 Å². The molecule has 0 saturated carbocycles. The van der Waals surface area contributed by atoms with Gasteiger partial charge in [-0.1, -0.05) is 9.03 Å². The lowest BCUT2D eigenvalue weighted by Crippen LogP contribution is -2.62. The SMILES string of the molecule is CN(C)C(N=[PH3])(N(C)C)N(C)C. The van der Waals surface area contributed by atoms with E-state index in [1.165, 1.54) is 0 Å². The van der Waals surface area contributed by atoms with Gasteiger partial charge in [0.15, 0.2) is 0 Å². The summed E-state index contributed by atoms with van der Waals surface area (Å²) in [6.07, 6.45) is 0. The quantitative estimate of drug-likeness (QED) is 0.465. The normalized spacial score (nSPS) is 13.4. The highest BCUT2D eigenvalue weighted by atomic mass is 31.0. The zero-order valence-electron chi connectivity index (χ0n) is 9.00. The molecule has 0 spiro atoms. The van der Waals surface area contributed by atoms with Crippen LogP contribution in [0.25, 0.3) is 0 Å². The molecule has 1 unspecified atom stereocenters. The van der Waals surface area contributed by atoms with Crippen molar-refractivity contribution in [3.8, 4) is 0 Å². The molecule has 5 heteroatoms. The second kappa shape index (κ2) is 4.38. The number of hydrogen-bond donors (Lipinski definition) is 0. The van der Waals surface area contributed by atoms with Gasteiger partial charge in [-0.25, -0.2) is 0 Å². The topological polar surface area (TPSA) is 22.1 Å². The van der Waals surface area contributed by atoms with E-state index >= 15 is 0 Å². The molecule has 0 aromatic rings. The lowest BCUT2D eigenvalue weighted by Gasteiger charge is -2.45. The molecule has 1 atom stereocenters. The maximum absolute atomic E-state index is 4.42. The summed E-state index contributed by atoms with van der Waals surface area (Å²) in [4.78, 5) is 6.25. The van der Waals surface area contributed by atoms with Gasteiger partial charge in [-0.05, 0) is 42.3 Å². The van der Waals surface area contributed by atoms with Crippen molar-refractivity contribution in [3.05, 3.63) is 0 Å². The molecule has 0 bridgehead atoms. The highest BCUT2D eigenvalue weighted by molar-refractivity contribution is 7.04. The molecule has 0 heterocycles. The van der Waals surface area contributed by atoms with Crippen molar-refractivity contribution < 1.29 is 0 Å². The average molecular weight is 192 g/mol. The van der Waals surface area contributed by atoms with Gasteiger partial charge >= 0.3 is 0 Å². The van der Waals surface area contributed by atoms with Crippen molar-refractivity contribution in [2.75, 3.05) is 42.3 Å². The Balaban J connectivity index is 4.89. The third-order valence-corrected chi connectivity index (χ3v) is 2.44. The van der Waals surface area contributed by atoms with E-state index in [0.29, 0.717) is 0 Å². The third kappa shape index (κ3) is 1.88. The molecular weight excluding hydrogens is 171 g/mol. The molecule has 12 heavy (non-hydrogen) atoms. The summed E-state index contributed by atoms with van der Waals surface area (Å²) in [5.74, 6) is -0.321. The minimum atomic E-state index is -0.321. The van der Waals surface area contributed by atoms with Crippen LogP contribution in [0.4, 0.5) is 0 Å². The second-order valence-electron chi connectivity index (χ2n) is 3.44. The third-order valence-electron chi connectivity index (χ3n) is 2.01. The van der Waals surface area contributed by atoms with Gasteiger partial charge in [-0.2, -0.15) is 0 Å². The van der Waals surface area contributed by atoms with Crippen LogP contribution in [0.3, 0.4) is 0 Å². The zero-order valence-corrected chi connectivity index (χ0v) is 10.4. The first-order valence-electron chi connectivity index (χ1n) is 3.89. The Labute approximate surface area is 77.4 Å². The first-order valence-corrected chi connectivity index (χ1v) is 4.53. The van der Waals surface area contributed by atoms with Crippen LogP contribution in [0.5, 0.6) is 0 Å². The first kappa shape index (κ1) is 12.1. The van der Waals surface area contributed by atoms with Crippen LogP contribution in [0, 0.1) is 0 Å². The molecule has 0 radical (unpaired) electrons. The number of hydrogen-bond acceptors (Lipinski definition) is 4. The van der Waals surface area contributed by atoms with Crippen LogP contribution in [0.15, 0.2) is 4.74 Å². The smallest absolute Gasteiger partial charge is 0.227 e. The highest BCUT2D eigenvalue weighted by Crippen LogP contribution is 2.20. The lowest BCUT2D eigenvalue weighted by molar-refractivity contribution is -0.0985. The van der Waals surface area contributed by atoms with Crippen molar-refractivity contribution in [2.24, 2.45) is 4.74 Å². The van der Waals surface area contributed by atoms with Crippen LogP contribution >= 0.6 is 9.03 Å². The molecule has 0 saturated heterocycles. The van der Waals surface area contributed by atoms with Crippen molar-refractivity contribution in [1.82, 2.24) is 14.7 Å². The van der Waals surface area contributed by atoms with Crippen LogP contribution in [-0.4, -0.2) is 62.9 Å². The van der Waals surface area contributed by atoms with Crippen molar-refractivity contribution in [1.29, 1.82) is 0 Å². The fourth-order valence-electron chi connectivity index (χ4n) is 1.62. The molecule has 0 amide bonds. The van der Waals surface area contributed by atoms with Gasteiger partial charge in [0.05, 0.1) is 0 Å². The average Bonchev–Trinajstić information content (AvgIpc) is 1.86. The molecule has 0 N–H and O–H groups in total. The maximum atomic E-state index is 4.42. The highest BCUT2D eigenvalue weighted by Gasteiger charge is 2.35. The predicted molar refractivity (Wildman–Crippen MR) is 57.3 cm³/mol. The van der Waals surface area contributed by atoms with E-state index in [4.69, 9.17) is 0 Å². The summed E-state index contributed by atoms with van der Waals surface area (Å²) in [5, 5.41) is 0. The van der Waals surface area contributed by atoms with Crippen LogP contribution in [-0.2, 0) is 0 Å². The second-order valence-corrected chi connectivity index (χ2v) is 3.76. The molecule has 4 nitrogen and oxygen atoms in total. The first-order chi connectivity index (χ1) is 5.39. The molecule has 0 aromatic heterocycles. The minimum absolute atomic E-state index is 0.321. The van der Waals surface area contributed by atoms with Crippen molar-refractivity contribution in [3.63, 3.8) is 0 Å². The van der Waals surface area contributed by atoms with E-state index in [0.717, 1.165) is 0 Å². The summed E-state index contributed by atoms with van der Waals surface area (Å²) in [7, 11) is 13.8. The molecule has 0 fully saturated rings. The van der Waals surface area contributed by atoms with Gasteiger partial charge in [-0.3, -0.25) is 19.4 Å². The largest absolute Gasteiger partial charge is 0.261 e. The van der Waals surface area contributed by atoms with E-state index in [9.17, 15) is 0 Å². The van der Waals surface area contributed by atoms with E-state index < -0.39 is 0 Å². The van der Waals surface area contributed by atoms with Crippen LogP contribution < -0.4 is 0 Å². The van der Waals surface area contributed by atoms with Gasteiger partial charge in [0.25, 0.3) is 0 Å². The molecule has 0 rings (SSSR count). The predicted octanol–water partition coefficient (Wildman–Crippen LogP) is 0.0735. The Hall–Kier alpha value is 0.110. The Kier molecular flexibility index (Phi) is 4.42.